The van der Waals surface area contributed by atoms with Gasteiger partial charge < -0.3 is 10.0 Å². The molecule has 0 amide bonds. The third kappa shape index (κ3) is 3.84. The summed E-state index contributed by atoms with van der Waals surface area (Å²) in [6.45, 7) is 9.44. The topological polar surface area (TPSA) is 40.5 Å². The van der Waals surface area contributed by atoms with Gasteiger partial charge in [-0.15, -0.1) is 0 Å². The smallest absolute Gasteiger partial charge is 0.307 e. The monoisotopic (exact) mass is 249 g/mol. The molecule has 1 unspecified atom stereocenters. The number of aryl methyl sites for hydroxylation is 3. The Morgan fingerprint density at radius 2 is 1.78 bits per heavy atom. The molecular weight excluding hydrogens is 226 g/mol. The van der Waals surface area contributed by atoms with Gasteiger partial charge in [0.05, 0.1) is 5.92 Å². The molecule has 1 atom stereocenters. The lowest BCUT2D eigenvalue weighted by Gasteiger charge is -2.21. The van der Waals surface area contributed by atoms with E-state index in [2.05, 4.69) is 37.8 Å². The van der Waals surface area contributed by atoms with Crippen molar-refractivity contribution in [1.29, 1.82) is 0 Å². The summed E-state index contributed by atoms with van der Waals surface area (Å²) in [7, 11) is 1.97. The summed E-state index contributed by atoms with van der Waals surface area (Å²) in [6.07, 6.45) is 0. The van der Waals surface area contributed by atoms with Crippen molar-refractivity contribution >= 4 is 5.97 Å². The first kappa shape index (κ1) is 14.7. The van der Waals surface area contributed by atoms with Crippen LogP contribution in [0.5, 0.6) is 0 Å². The molecule has 0 saturated carbocycles. The molecule has 0 bridgehead atoms. The molecule has 1 N–H and O–H groups in total. The van der Waals surface area contributed by atoms with E-state index in [1.54, 1.807) is 6.92 Å². The van der Waals surface area contributed by atoms with Crippen LogP contribution in [0.4, 0.5) is 0 Å². The van der Waals surface area contributed by atoms with Gasteiger partial charge >= 0.3 is 5.97 Å². The van der Waals surface area contributed by atoms with Crippen LogP contribution < -0.4 is 0 Å². The normalized spacial score (nSPS) is 12.8. The van der Waals surface area contributed by atoms with Gasteiger partial charge in [0, 0.05) is 13.1 Å². The van der Waals surface area contributed by atoms with Gasteiger partial charge in [0.2, 0.25) is 0 Å². The van der Waals surface area contributed by atoms with E-state index in [4.69, 9.17) is 5.11 Å². The molecule has 1 aromatic carbocycles. The predicted molar refractivity (Wildman–Crippen MR) is 73.8 cm³/mol. The second kappa shape index (κ2) is 6.01. The molecule has 1 rings (SSSR count). The Bertz CT molecular complexity index is 417. The van der Waals surface area contributed by atoms with Crippen LogP contribution in [0.2, 0.25) is 0 Å². The Kier molecular flexibility index (Phi) is 4.91. The summed E-state index contributed by atoms with van der Waals surface area (Å²) in [5, 5.41) is 8.92. The highest BCUT2D eigenvalue weighted by Crippen LogP contribution is 2.18. The molecule has 3 heteroatoms. The zero-order valence-electron chi connectivity index (χ0n) is 11.9. The Labute approximate surface area is 109 Å². The van der Waals surface area contributed by atoms with Gasteiger partial charge in [-0.2, -0.15) is 0 Å². The summed E-state index contributed by atoms with van der Waals surface area (Å²) in [6, 6.07) is 4.35. The van der Waals surface area contributed by atoms with Crippen molar-refractivity contribution in [2.45, 2.75) is 34.2 Å². The molecule has 0 aromatic heterocycles. The third-order valence-corrected chi connectivity index (χ3v) is 3.28. The molecule has 0 radical (unpaired) electrons. The second-order valence-electron chi connectivity index (χ2n) is 5.31. The highest BCUT2D eigenvalue weighted by atomic mass is 16.4. The molecule has 1 aromatic rings. The number of carboxylic acids is 1. The van der Waals surface area contributed by atoms with E-state index in [0.717, 1.165) is 6.54 Å². The van der Waals surface area contributed by atoms with Crippen molar-refractivity contribution in [1.82, 2.24) is 4.90 Å². The quantitative estimate of drug-likeness (QED) is 0.872. The van der Waals surface area contributed by atoms with Crippen molar-refractivity contribution in [3.8, 4) is 0 Å². The number of rotatable bonds is 5. The lowest BCUT2D eigenvalue weighted by atomic mass is 9.99. The lowest BCUT2D eigenvalue weighted by Crippen LogP contribution is -2.28. The SMILES string of the molecule is Cc1cc(C)c(CN(C)CC(C)C(=O)O)c(C)c1. The van der Waals surface area contributed by atoms with Crippen LogP contribution >= 0.6 is 0 Å². The highest BCUT2D eigenvalue weighted by molar-refractivity contribution is 5.69. The van der Waals surface area contributed by atoms with Crippen LogP contribution in [0.25, 0.3) is 0 Å². The number of carbonyl (C=O) groups is 1. The van der Waals surface area contributed by atoms with Crippen LogP contribution in [0.1, 0.15) is 29.2 Å². The number of hydrogen-bond acceptors (Lipinski definition) is 2. The summed E-state index contributed by atoms with van der Waals surface area (Å²) in [4.78, 5) is 12.9. The van der Waals surface area contributed by atoms with Crippen LogP contribution in [0.15, 0.2) is 12.1 Å². The van der Waals surface area contributed by atoms with Gasteiger partial charge in [-0.25, -0.2) is 0 Å². The van der Waals surface area contributed by atoms with Crippen molar-refractivity contribution in [2.75, 3.05) is 13.6 Å². The number of aliphatic carboxylic acids is 1. The van der Waals surface area contributed by atoms with Crippen LogP contribution in [0.3, 0.4) is 0 Å². The Balaban J connectivity index is 2.76. The molecular formula is C15H23NO2. The first-order valence-corrected chi connectivity index (χ1v) is 6.29. The maximum absolute atomic E-state index is 10.8. The van der Waals surface area contributed by atoms with Crippen molar-refractivity contribution < 1.29 is 9.90 Å². The van der Waals surface area contributed by atoms with Crippen LogP contribution in [0, 0.1) is 26.7 Å². The number of benzene rings is 1. The molecule has 0 aliphatic rings. The minimum Gasteiger partial charge on any atom is -0.481 e. The largest absolute Gasteiger partial charge is 0.481 e. The van der Waals surface area contributed by atoms with E-state index < -0.39 is 5.97 Å². The number of carboxylic acid groups (broad SMARTS) is 1. The first-order chi connectivity index (χ1) is 8.31. The van der Waals surface area contributed by atoms with Gasteiger partial charge in [-0.3, -0.25) is 4.79 Å². The zero-order valence-corrected chi connectivity index (χ0v) is 11.9. The molecule has 0 spiro atoms. The molecule has 100 valence electrons. The molecule has 0 aliphatic heterocycles. The minimum absolute atomic E-state index is 0.332. The van der Waals surface area contributed by atoms with Gasteiger partial charge in [0.15, 0.2) is 0 Å². The lowest BCUT2D eigenvalue weighted by molar-refractivity contribution is -0.141. The van der Waals surface area contributed by atoms with Gasteiger partial charge in [0.1, 0.15) is 0 Å². The molecule has 0 heterocycles. The molecule has 3 nitrogen and oxygen atoms in total. The Hall–Kier alpha value is -1.35. The number of nitrogens with zero attached hydrogens (tertiary/aromatic N) is 1. The molecule has 0 aliphatic carbocycles. The van der Waals surface area contributed by atoms with E-state index in [1.165, 1.54) is 22.3 Å². The van der Waals surface area contributed by atoms with E-state index in [0.29, 0.717) is 6.54 Å². The van der Waals surface area contributed by atoms with E-state index >= 15 is 0 Å². The van der Waals surface area contributed by atoms with E-state index in [-0.39, 0.29) is 5.92 Å². The molecule has 18 heavy (non-hydrogen) atoms. The first-order valence-electron chi connectivity index (χ1n) is 6.29. The minimum atomic E-state index is -0.737. The average molecular weight is 249 g/mol. The standard InChI is InChI=1S/C15H23NO2/c1-10-6-11(2)14(12(3)7-10)9-16(5)8-13(4)15(17)18/h6-7,13H,8-9H2,1-5H3,(H,17,18). The van der Waals surface area contributed by atoms with Gasteiger partial charge in [0.25, 0.3) is 0 Å². The van der Waals surface area contributed by atoms with E-state index in [1.807, 2.05) is 7.05 Å². The van der Waals surface area contributed by atoms with Crippen LogP contribution in [-0.2, 0) is 11.3 Å². The fraction of sp³-hybridized carbons (Fsp3) is 0.533. The zero-order chi connectivity index (χ0) is 13.9. The Morgan fingerprint density at radius 3 is 2.22 bits per heavy atom. The predicted octanol–water partition coefficient (Wildman–Crippen LogP) is 2.76. The van der Waals surface area contributed by atoms with Crippen LogP contribution in [-0.4, -0.2) is 29.6 Å². The maximum atomic E-state index is 10.8. The third-order valence-electron chi connectivity index (χ3n) is 3.28. The average Bonchev–Trinajstić information content (AvgIpc) is 2.23. The highest BCUT2D eigenvalue weighted by Gasteiger charge is 2.15. The molecule has 0 fully saturated rings. The fourth-order valence-electron chi connectivity index (χ4n) is 2.34. The van der Waals surface area contributed by atoms with Gasteiger partial charge in [-0.1, -0.05) is 24.6 Å². The van der Waals surface area contributed by atoms with Crippen molar-refractivity contribution in [3.05, 3.63) is 34.4 Å². The number of hydrogen-bond donors (Lipinski definition) is 1. The van der Waals surface area contributed by atoms with Crippen molar-refractivity contribution in [3.63, 3.8) is 0 Å². The van der Waals surface area contributed by atoms with E-state index in [9.17, 15) is 4.79 Å². The van der Waals surface area contributed by atoms with Gasteiger partial charge in [-0.05, 0) is 44.5 Å². The maximum Gasteiger partial charge on any atom is 0.307 e. The summed E-state index contributed by atoms with van der Waals surface area (Å²) < 4.78 is 0. The summed E-state index contributed by atoms with van der Waals surface area (Å²) in [5.74, 6) is -1.07. The van der Waals surface area contributed by atoms with Crippen molar-refractivity contribution in [2.24, 2.45) is 5.92 Å². The second-order valence-corrected chi connectivity index (χ2v) is 5.31. The summed E-state index contributed by atoms with van der Waals surface area (Å²) in [5.41, 5.74) is 5.14. The fourth-order valence-corrected chi connectivity index (χ4v) is 2.34. The summed E-state index contributed by atoms with van der Waals surface area (Å²) >= 11 is 0. The Morgan fingerprint density at radius 1 is 1.28 bits per heavy atom. The molecule has 0 saturated heterocycles.